The van der Waals surface area contributed by atoms with E-state index >= 15 is 0 Å². The quantitative estimate of drug-likeness (QED) is 0.732. The van der Waals surface area contributed by atoms with Crippen LogP contribution in [-0.2, 0) is 6.42 Å². The van der Waals surface area contributed by atoms with Crippen LogP contribution in [-0.4, -0.2) is 9.97 Å². The number of hydrogen-bond donors (Lipinski definition) is 0. The second-order valence-electron chi connectivity index (χ2n) is 2.93. The summed E-state index contributed by atoms with van der Waals surface area (Å²) >= 11 is 3.17. The van der Waals surface area contributed by atoms with Crippen molar-refractivity contribution in [3.63, 3.8) is 0 Å². The van der Waals surface area contributed by atoms with Gasteiger partial charge in [-0.05, 0) is 28.4 Å². The van der Waals surface area contributed by atoms with E-state index in [0.29, 0.717) is 10.3 Å². The molecule has 0 aliphatic heterocycles. The Bertz CT molecular complexity index is 485. The molecule has 2 aromatic rings. The second-order valence-corrected chi connectivity index (χ2v) is 3.64. The number of rotatable bonds is 1. The van der Waals surface area contributed by atoms with Crippen LogP contribution in [0.3, 0.4) is 0 Å². The van der Waals surface area contributed by atoms with Gasteiger partial charge in [-0.25, -0.2) is 14.4 Å². The van der Waals surface area contributed by atoms with Crippen molar-refractivity contribution in [1.29, 1.82) is 0 Å². The highest BCUT2D eigenvalue weighted by Gasteiger charge is 2.07. The Labute approximate surface area is 89.3 Å². The van der Waals surface area contributed by atoms with Crippen LogP contribution in [0.2, 0.25) is 0 Å². The third-order valence-electron chi connectivity index (χ3n) is 2.06. The number of hydrogen-bond acceptors (Lipinski definition) is 2. The molecule has 2 nitrogen and oxygen atoms in total. The summed E-state index contributed by atoms with van der Waals surface area (Å²) in [5.74, 6) is -0.305. The van der Waals surface area contributed by atoms with Crippen LogP contribution >= 0.6 is 15.9 Å². The minimum absolute atomic E-state index is 0.305. The summed E-state index contributed by atoms with van der Waals surface area (Å²) in [6.07, 6.45) is 0.765. The average molecular weight is 255 g/mol. The molecule has 1 heterocycles. The van der Waals surface area contributed by atoms with Crippen LogP contribution in [0.4, 0.5) is 4.39 Å². The molecule has 1 aromatic carbocycles. The van der Waals surface area contributed by atoms with E-state index in [0.717, 1.165) is 17.5 Å². The summed E-state index contributed by atoms with van der Waals surface area (Å²) in [4.78, 5) is 8.21. The van der Waals surface area contributed by atoms with Gasteiger partial charge < -0.3 is 0 Å². The smallest absolute Gasteiger partial charge is 0.197 e. The number of halogens is 2. The molecular weight excluding hydrogens is 247 g/mol. The van der Waals surface area contributed by atoms with Gasteiger partial charge in [0.25, 0.3) is 0 Å². The van der Waals surface area contributed by atoms with Crippen LogP contribution in [0.25, 0.3) is 10.9 Å². The second kappa shape index (κ2) is 3.61. The van der Waals surface area contributed by atoms with Crippen molar-refractivity contribution < 1.29 is 4.39 Å². The van der Waals surface area contributed by atoms with E-state index in [9.17, 15) is 4.39 Å². The first-order valence-corrected chi connectivity index (χ1v) is 5.12. The maximum Gasteiger partial charge on any atom is 0.197 e. The molecule has 4 heteroatoms. The molecule has 0 N–H and O–H groups in total. The molecule has 72 valence electrons. The molecule has 0 aliphatic carbocycles. The lowest BCUT2D eigenvalue weighted by Gasteiger charge is -2.03. The van der Waals surface area contributed by atoms with Gasteiger partial charge >= 0.3 is 0 Å². The average Bonchev–Trinajstić information content (AvgIpc) is 2.18. The van der Waals surface area contributed by atoms with Gasteiger partial charge in [-0.2, -0.15) is 0 Å². The van der Waals surface area contributed by atoms with E-state index in [1.807, 2.05) is 13.0 Å². The van der Waals surface area contributed by atoms with E-state index in [2.05, 4.69) is 25.9 Å². The van der Waals surface area contributed by atoms with Gasteiger partial charge in [-0.3, -0.25) is 0 Å². The van der Waals surface area contributed by atoms with Crippen molar-refractivity contribution in [2.75, 3.05) is 0 Å². The summed E-state index contributed by atoms with van der Waals surface area (Å²) in [5.41, 5.74) is 1.24. The lowest BCUT2D eigenvalue weighted by molar-refractivity contribution is 0.636. The molecule has 0 spiro atoms. The summed E-state index contributed by atoms with van der Waals surface area (Å²) in [7, 11) is 0. The maximum absolute atomic E-state index is 13.4. The lowest BCUT2D eigenvalue weighted by atomic mass is 10.1. The lowest BCUT2D eigenvalue weighted by Crippen LogP contribution is -1.95. The van der Waals surface area contributed by atoms with Crippen LogP contribution in [0.1, 0.15) is 12.6 Å². The van der Waals surface area contributed by atoms with E-state index in [4.69, 9.17) is 0 Å². The van der Waals surface area contributed by atoms with Gasteiger partial charge in [-0.15, -0.1) is 0 Å². The van der Waals surface area contributed by atoms with E-state index in [1.54, 1.807) is 6.07 Å². The van der Waals surface area contributed by atoms with Crippen LogP contribution in [0, 0.1) is 5.82 Å². The minimum atomic E-state index is -0.305. The molecule has 0 amide bonds. The fraction of sp³-hybridized carbons (Fsp3) is 0.200. The molecule has 0 atom stereocenters. The van der Waals surface area contributed by atoms with Crippen LogP contribution < -0.4 is 0 Å². The van der Waals surface area contributed by atoms with Crippen molar-refractivity contribution in [3.05, 3.63) is 34.4 Å². The Morgan fingerprint density at radius 1 is 1.36 bits per heavy atom. The molecule has 0 aliphatic rings. The number of para-hydroxylation sites is 1. The predicted octanol–water partition coefficient (Wildman–Crippen LogP) is 3.09. The maximum atomic E-state index is 13.4. The number of aryl methyl sites for hydroxylation is 1. The van der Waals surface area contributed by atoms with Crippen molar-refractivity contribution in [1.82, 2.24) is 9.97 Å². The Morgan fingerprint density at radius 2 is 2.14 bits per heavy atom. The first-order valence-electron chi connectivity index (χ1n) is 4.33. The van der Waals surface area contributed by atoms with Gasteiger partial charge in [0.2, 0.25) is 0 Å². The summed E-state index contributed by atoms with van der Waals surface area (Å²) in [6.45, 7) is 1.99. The zero-order chi connectivity index (χ0) is 10.1. The standard InChI is InChI=1S/C10H8BrFN2/c1-2-8-6-4-3-5-7(12)9(6)14-10(11)13-8/h3-5H,2H2,1H3. The Kier molecular flexibility index (Phi) is 2.46. The van der Waals surface area contributed by atoms with Gasteiger partial charge in [0.05, 0.1) is 5.69 Å². The molecular formula is C10H8BrFN2. The Balaban J connectivity index is 2.87. The first-order chi connectivity index (χ1) is 6.72. The zero-order valence-corrected chi connectivity index (χ0v) is 9.18. The van der Waals surface area contributed by atoms with Crippen molar-refractivity contribution in [2.24, 2.45) is 0 Å². The summed E-state index contributed by atoms with van der Waals surface area (Å²) < 4.78 is 13.8. The molecule has 0 radical (unpaired) electrons. The minimum Gasteiger partial charge on any atom is -0.227 e. The molecule has 0 unspecified atom stereocenters. The first kappa shape index (κ1) is 9.52. The SMILES string of the molecule is CCc1nc(Br)nc2c(F)cccc12. The van der Waals surface area contributed by atoms with E-state index in [1.165, 1.54) is 6.07 Å². The largest absolute Gasteiger partial charge is 0.227 e. The van der Waals surface area contributed by atoms with Crippen LogP contribution in [0.15, 0.2) is 22.9 Å². The van der Waals surface area contributed by atoms with Crippen molar-refractivity contribution >= 4 is 26.8 Å². The number of aromatic nitrogens is 2. The third-order valence-corrected chi connectivity index (χ3v) is 2.42. The Morgan fingerprint density at radius 3 is 2.86 bits per heavy atom. The van der Waals surface area contributed by atoms with E-state index < -0.39 is 0 Å². The fourth-order valence-electron chi connectivity index (χ4n) is 1.42. The third kappa shape index (κ3) is 1.50. The summed E-state index contributed by atoms with van der Waals surface area (Å²) in [6, 6.07) is 4.92. The molecule has 1 aromatic heterocycles. The predicted molar refractivity (Wildman–Crippen MR) is 56.6 cm³/mol. The highest BCUT2D eigenvalue weighted by molar-refractivity contribution is 9.10. The number of fused-ring (bicyclic) bond motifs is 1. The van der Waals surface area contributed by atoms with Crippen molar-refractivity contribution in [3.8, 4) is 0 Å². The van der Waals surface area contributed by atoms with Gasteiger partial charge in [0.1, 0.15) is 11.3 Å². The number of nitrogens with zero attached hydrogens (tertiary/aromatic N) is 2. The Hall–Kier alpha value is -1.03. The highest BCUT2D eigenvalue weighted by atomic mass is 79.9. The molecule has 0 fully saturated rings. The van der Waals surface area contributed by atoms with Gasteiger partial charge in [-0.1, -0.05) is 19.1 Å². The fourth-order valence-corrected chi connectivity index (χ4v) is 1.81. The van der Waals surface area contributed by atoms with Crippen LogP contribution in [0.5, 0.6) is 0 Å². The summed E-state index contributed by atoms with van der Waals surface area (Å²) in [5, 5.41) is 0.788. The zero-order valence-electron chi connectivity index (χ0n) is 7.59. The topological polar surface area (TPSA) is 25.8 Å². The van der Waals surface area contributed by atoms with Gasteiger partial charge in [0.15, 0.2) is 4.73 Å². The monoisotopic (exact) mass is 254 g/mol. The van der Waals surface area contributed by atoms with E-state index in [-0.39, 0.29) is 5.82 Å². The van der Waals surface area contributed by atoms with Crippen molar-refractivity contribution in [2.45, 2.75) is 13.3 Å². The molecule has 14 heavy (non-hydrogen) atoms. The highest BCUT2D eigenvalue weighted by Crippen LogP contribution is 2.20. The molecule has 0 bridgehead atoms. The molecule has 0 saturated carbocycles. The molecule has 0 saturated heterocycles. The number of benzene rings is 1. The van der Waals surface area contributed by atoms with Gasteiger partial charge in [0, 0.05) is 5.39 Å². The molecule has 2 rings (SSSR count). The normalized spacial score (nSPS) is 10.8.